The second kappa shape index (κ2) is 9.41. The zero-order chi connectivity index (χ0) is 13.2. The predicted octanol–water partition coefficient (Wildman–Crippen LogP) is 4.72. The lowest BCUT2D eigenvalue weighted by Crippen LogP contribution is -2.19. The Labute approximate surface area is 112 Å². The van der Waals surface area contributed by atoms with Gasteiger partial charge in [0.15, 0.2) is 0 Å². The molecule has 2 nitrogen and oxygen atoms in total. The molecule has 0 N–H and O–H groups in total. The largest absolute Gasteiger partial charge is 0.466 e. The Balaban J connectivity index is 1.99. The topological polar surface area (TPSA) is 26.3 Å². The van der Waals surface area contributed by atoms with Crippen LogP contribution in [0.1, 0.15) is 78.1 Å². The first-order chi connectivity index (χ1) is 8.72. The predicted molar refractivity (Wildman–Crippen MR) is 75.5 cm³/mol. The highest BCUT2D eigenvalue weighted by Crippen LogP contribution is 2.32. The number of carbonyl (C=O) groups excluding carboxylic acids is 1. The summed E-state index contributed by atoms with van der Waals surface area (Å²) in [5.41, 5.74) is 0. The second-order valence-electron chi connectivity index (χ2n) is 5.89. The number of hydrogen-bond acceptors (Lipinski definition) is 2. The molecule has 0 aromatic rings. The van der Waals surface area contributed by atoms with Crippen molar-refractivity contribution in [1.29, 1.82) is 0 Å². The third-order valence-corrected chi connectivity index (χ3v) is 4.20. The molecular weight excluding hydrogens is 224 g/mol. The van der Waals surface area contributed by atoms with Crippen molar-refractivity contribution in [2.24, 2.45) is 11.8 Å². The van der Waals surface area contributed by atoms with E-state index in [1.54, 1.807) is 0 Å². The van der Waals surface area contributed by atoms with Crippen molar-refractivity contribution in [3.8, 4) is 0 Å². The molecule has 0 saturated heterocycles. The van der Waals surface area contributed by atoms with Gasteiger partial charge in [0.05, 0.1) is 6.61 Å². The van der Waals surface area contributed by atoms with Crippen LogP contribution in [0.3, 0.4) is 0 Å². The summed E-state index contributed by atoms with van der Waals surface area (Å²) in [5, 5.41) is 0. The van der Waals surface area contributed by atoms with Crippen LogP contribution < -0.4 is 0 Å². The third kappa shape index (κ3) is 7.03. The molecule has 1 aliphatic carbocycles. The summed E-state index contributed by atoms with van der Waals surface area (Å²) in [5.74, 6) is 1.44. The fourth-order valence-electron chi connectivity index (χ4n) is 2.96. The van der Waals surface area contributed by atoms with E-state index >= 15 is 0 Å². The van der Waals surface area contributed by atoms with Gasteiger partial charge in [0.2, 0.25) is 0 Å². The smallest absolute Gasteiger partial charge is 0.302 e. The highest BCUT2D eigenvalue weighted by Gasteiger charge is 2.21. The molecule has 0 spiro atoms. The average molecular weight is 254 g/mol. The Hall–Kier alpha value is -0.530. The fraction of sp³-hybridized carbons (Fsp3) is 0.938. The van der Waals surface area contributed by atoms with E-state index in [2.05, 4.69) is 6.92 Å². The number of rotatable bonds is 8. The van der Waals surface area contributed by atoms with Crippen molar-refractivity contribution in [2.75, 3.05) is 6.61 Å². The van der Waals surface area contributed by atoms with Crippen LogP contribution in [-0.2, 0) is 9.53 Å². The van der Waals surface area contributed by atoms with Gasteiger partial charge in [-0.25, -0.2) is 0 Å². The first-order valence-electron chi connectivity index (χ1n) is 7.85. The van der Waals surface area contributed by atoms with Gasteiger partial charge in [-0.05, 0) is 24.7 Å². The van der Waals surface area contributed by atoms with Crippen molar-refractivity contribution >= 4 is 5.97 Å². The molecule has 0 radical (unpaired) electrons. The molecule has 0 bridgehead atoms. The quantitative estimate of drug-likeness (QED) is 0.463. The van der Waals surface area contributed by atoms with Gasteiger partial charge in [-0.2, -0.15) is 0 Å². The van der Waals surface area contributed by atoms with Gasteiger partial charge in [-0.1, -0.05) is 58.3 Å². The molecule has 1 aliphatic rings. The molecule has 0 aliphatic heterocycles. The highest BCUT2D eigenvalue weighted by atomic mass is 16.5. The summed E-state index contributed by atoms with van der Waals surface area (Å²) >= 11 is 0. The van der Waals surface area contributed by atoms with E-state index in [1.807, 2.05) is 0 Å². The van der Waals surface area contributed by atoms with Crippen LogP contribution in [0, 0.1) is 11.8 Å². The zero-order valence-electron chi connectivity index (χ0n) is 12.2. The number of ether oxygens (including phenoxy) is 1. The second-order valence-corrected chi connectivity index (χ2v) is 5.89. The molecule has 0 amide bonds. The number of unbranched alkanes of at least 4 members (excludes halogenated alkanes) is 4. The van der Waals surface area contributed by atoms with E-state index in [0.717, 1.165) is 5.92 Å². The lowest BCUT2D eigenvalue weighted by Gasteiger charge is -2.28. The van der Waals surface area contributed by atoms with Crippen LogP contribution in [-0.4, -0.2) is 12.6 Å². The molecular formula is C16H30O2. The Morgan fingerprint density at radius 2 is 1.61 bits per heavy atom. The molecule has 1 fully saturated rings. The first-order valence-corrected chi connectivity index (χ1v) is 7.85. The summed E-state index contributed by atoms with van der Waals surface area (Å²) in [4.78, 5) is 10.8. The van der Waals surface area contributed by atoms with Gasteiger partial charge >= 0.3 is 5.97 Å². The summed E-state index contributed by atoms with van der Waals surface area (Å²) < 4.78 is 5.10. The van der Waals surface area contributed by atoms with Crippen molar-refractivity contribution < 1.29 is 9.53 Å². The average Bonchev–Trinajstić information content (AvgIpc) is 2.37. The van der Waals surface area contributed by atoms with E-state index in [9.17, 15) is 4.79 Å². The minimum absolute atomic E-state index is 0.131. The van der Waals surface area contributed by atoms with Crippen molar-refractivity contribution in [1.82, 2.24) is 0 Å². The molecule has 1 saturated carbocycles. The summed E-state index contributed by atoms with van der Waals surface area (Å²) in [7, 11) is 0. The molecule has 106 valence electrons. The number of esters is 1. The minimum Gasteiger partial charge on any atom is -0.466 e. The molecule has 1 rings (SSSR count). The number of hydrogen-bond donors (Lipinski definition) is 0. The standard InChI is InChI=1S/C16H30O2/c1-3-4-5-6-7-8-15-9-11-16(12-10-15)13-18-14(2)17/h15-16H,3-13H2,1-2H3. The van der Waals surface area contributed by atoms with Gasteiger partial charge in [0, 0.05) is 6.92 Å². The molecule has 0 aromatic carbocycles. The Morgan fingerprint density at radius 1 is 1.00 bits per heavy atom. The van der Waals surface area contributed by atoms with E-state index in [-0.39, 0.29) is 5.97 Å². The van der Waals surface area contributed by atoms with Crippen LogP contribution >= 0.6 is 0 Å². The highest BCUT2D eigenvalue weighted by molar-refractivity contribution is 5.65. The Morgan fingerprint density at radius 3 is 2.22 bits per heavy atom. The van der Waals surface area contributed by atoms with E-state index in [4.69, 9.17) is 4.74 Å². The van der Waals surface area contributed by atoms with Crippen LogP contribution in [0.15, 0.2) is 0 Å². The summed E-state index contributed by atoms with van der Waals surface area (Å²) in [6, 6.07) is 0. The lowest BCUT2D eigenvalue weighted by atomic mass is 9.80. The molecule has 0 heterocycles. The van der Waals surface area contributed by atoms with Crippen LogP contribution in [0.4, 0.5) is 0 Å². The van der Waals surface area contributed by atoms with Gasteiger partial charge in [0.25, 0.3) is 0 Å². The van der Waals surface area contributed by atoms with Crippen molar-refractivity contribution in [3.63, 3.8) is 0 Å². The maximum absolute atomic E-state index is 10.8. The molecule has 18 heavy (non-hydrogen) atoms. The van der Waals surface area contributed by atoms with Crippen LogP contribution in [0.2, 0.25) is 0 Å². The molecule has 2 heteroatoms. The van der Waals surface area contributed by atoms with Gasteiger partial charge in [-0.3, -0.25) is 4.79 Å². The summed E-state index contributed by atoms with van der Waals surface area (Å²) in [6.07, 6.45) is 13.6. The number of carbonyl (C=O) groups is 1. The van der Waals surface area contributed by atoms with E-state index in [0.29, 0.717) is 12.5 Å². The fourth-order valence-corrected chi connectivity index (χ4v) is 2.96. The minimum atomic E-state index is -0.131. The Bertz CT molecular complexity index is 217. The van der Waals surface area contributed by atoms with E-state index in [1.165, 1.54) is 71.1 Å². The van der Waals surface area contributed by atoms with E-state index < -0.39 is 0 Å². The lowest BCUT2D eigenvalue weighted by molar-refractivity contribution is -0.142. The zero-order valence-corrected chi connectivity index (χ0v) is 12.2. The third-order valence-electron chi connectivity index (χ3n) is 4.20. The summed E-state index contributed by atoms with van der Waals surface area (Å²) in [6.45, 7) is 4.42. The Kier molecular flexibility index (Phi) is 8.11. The van der Waals surface area contributed by atoms with Crippen LogP contribution in [0.25, 0.3) is 0 Å². The van der Waals surface area contributed by atoms with Gasteiger partial charge in [0.1, 0.15) is 0 Å². The normalized spacial score (nSPS) is 23.9. The maximum Gasteiger partial charge on any atom is 0.302 e. The van der Waals surface area contributed by atoms with Crippen LogP contribution in [0.5, 0.6) is 0 Å². The molecule has 0 atom stereocenters. The monoisotopic (exact) mass is 254 g/mol. The first kappa shape index (κ1) is 15.5. The molecule has 0 aromatic heterocycles. The van der Waals surface area contributed by atoms with Crippen molar-refractivity contribution in [3.05, 3.63) is 0 Å². The van der Waals surface area contributed by atoms with Crippen molar-refractivity contribution in [2.45, 2.75) is 78.1 Å². The molecule has 0 unspecified atom stereocenters. The van der Waals surface area contributed by atoms with Gasteiger partial charge < -0.3 is 4.74 Å². The van der Waals surface area contributed by atoms with Gasteiger partial charge in [-0.15, -0.1) is 0 Å². The SMILES string of the molecule is CCCCCCCC1CCC(COC(C)=O)CC1. The maximum atomic E-state index is 10.8.